The predicted octanol–water partition coefficient (Wildman–Crippen LogP) is 5.08. The van der Waals surface area contributed by atoms with Crippen LogP contribution in [0.3, 0.4) is 0 Å². The van der Waals surface area contributed by atoms with Gasteiger partial charge in [0.05, 0.1) is 24.3 Å². The molecule has 0 saturated heterocycles. The number of anilines is 1. The first-order chi connectivity index (χ1) is 16.3. The molecule has 0 spiro atoms. The first kappa shape index (κ1) is 24.8. The van der Waals surface area contributed by atoms with Crippen molar-refractivity contribution in [3.8, 4) is 17.6 Å². The molecule has 7 nitrogen and oxygen atoms in total. The summed E-state index contributed by atoms with van der Waals surface area (Å²) in [7, 11) is -2.94. The van der Waals surface area contributed by atoms with E-state index < -0.39 is 21.5 Å². The molecule has 0 heterocycles. The van der Waals surface area contributed by atoms with E-state index in [1.165, 1.54) is 49.6 Å². The molecule has 3 aromatic rings. The van der Waals surface area contributed by atoms with Crippen LogP contribution < -0.4 is 13.8 Å². The maximum Gasteiger partial charge on any atom is 0.282 e. The molecule has 1 amide bonds. The molecule has 0 unspecified atom stereocenters. The Balaban J connectivity index is 2.15. The number of para-hydroxylation sites is 1. The summed E-state index contributed by atoms with van der Waals surface area (Å²) in [6.07, 6.45) is 1.29. The number of rotatable bonds is 8. The third-order valence-corrected chi connectivity index (χ3v) is 6.69. The van der Waals surface area contributed by atoms with Gasteiger partial charge in [-0.2, -0.15) is 9.57 Å². The highest BCUT2D eigenvalue weighted by Crippen LogP contribution is 2.29. The minimum absolute atomic E-state index is 0.0459. The van der Waals surface area contributed by atoms with Crippen LogP contribution in [-0.4, -0.2) is 28.0 Å². The maximum absolute atomic E-state index is 13.6. The van der Waals surface area contributed by atoms with Crippen molar-refractivity contribution in [2.45, 2.75) is 11.8 Å². The average Bonchev–Trinajstić information content (AvgIpc) is 2.84. The number of ether oxygens (including phenoxy) is 2. The van der Waals surface area contributed by atoms with Gasteiger partial charge in [0, 0.05) is 10.6 Å². The molecule has 0 aliphatic rings. The molecule has 0 fully saturated rings. The van der Waals surface area contributed by atoms with E-state index >= 15 is 0 Å². The smallest absolute Gasteiger partial charge is 0.282 e. The molecule has 0 bridgehead atoms. The lowest BCUT2D eigenvalue weighted by Crippen LogP contribution is -2.37. The van der Waals surface area contributed by atoms with Gasteiger partial charge < -0.3 is 9.47 Å². The molecule has 9 heteroatoms. The van der Waals surface area contributed by atoms with E-state index in [2.05, 4.69) is 0 Å². The quantitative estimate of drug-likeness (QED) is 0.319. The monoisotopic (exact) mass is 496 g/mol. The third-order valence-electron chi connectivity index (χ3n) is 4.71. The average molecular weight is 497 g/mol. The molecule has 3 aromatic carbocycles. The molecule has 3 rings (SSSR count). The SMILES string of the molecule is CCOc1ccc(N(C(=O)/C(C#N)=C/c2ccccc2OC)S(=O)(=O)c2ccc(Cl)cc2)cc1. The number of halogens is 1. The van der Waals surface area contributed by atoms with Crippen molar-refractivity contribution in [3.63, 3.8) is 0 Å². The molecule has 0 saturated carbocycles. The summed E-state index contributed by atoms with van der Waals surface area (Å²) in [5.41, 5.74) is 0.103. The number of benzene rings is 3. The molecule has 0 N–H and O–H groups in total. The van der Waals surface area contributed by atoms with Crippen LogP contribution in [0.15, 0.2) is 83.3 Å². The Morgan fingerprint density at radius 2 is 1.71 bits per heavy atom. The fourth-order valence-corrected chi connectivity index (χ4v) is 4.65. The van der Waals surface area contributed by atoms with Gasteiger partial charge >= 0.3 is 0 Å². The minimum Gasteiger partial charge on any atom is -0.496 e. The highest BCUT2D eigenvalue weighted by atomic mass is 35.5. The second-order valence-corrected chi connectivity index (χ2v) is 9.09. The van der Waals surface area contributed by atoms with Crippen LogP contribution in [0.1, 0.15) is 12.5 Å². The van der Waals surface area contributed by atoms with Gasteiger partial charge in [-0.3, -0.25) is 4.79 Å². The Morgan fingerprint density at radius 3 is 2.29 bits per heavy atom. The standard InChI is InChI=1S/C25H21ClN2O5S/c1-3-33-22-12-10-21(11-13-22)28(34(30,31)23-14-8-20(26)9-15-23)25(29)19(17-27)16-18-6-4-5-7-24(18)32-2/h4-16H,3H2,1-2H3/b19-16+. The summed E-state index contributed by atoms with van der Waals surface area (Å²) in [6, 6.07) is 20.0. The first-order valence-corrected chi connectivity index (χ1v) is 12.0. The van der Waals surface area contributed by atoms with Gasteiger partial charge in [-0.1, -0.05) is 29.8 Å². The fourth-order valence-electron chi connectivity index (χ4n) is 3.11. The van der Waals surface area contributed by atoms with E-state index in [0.717, 1.165) is 0 Å². The van der Waals surface area contributed by atoms with Crippen molar-refractivity contribution >= 4 is 39.3 Å². The lowest BCUT2D eigenvalue weighted by atomic mass is 10.1. The molecular weight excluding hydrogens is 476 g/mol. The van der Waals surface area contributed by atoms with Gasteiger partial charge in [-0.15, -0.1) is 0 Å². The summed E-state index contributed by atoms with van der Waals surface area (Å²) in [5, 5.41) is 10.1. The summed E-state index contributed by atoms with van der Waals surface area (Å²) < 4.78 is 38.4. The Kier molecular flexibility index (Phi) is 7.95. The molecule has 0 aromatic heterocycles. The topological polar surface area (TPSA) is 96.7 Å². The lowest BCUT2D eigenvalue weighted by molar-refractivity contribution is -0.113. The second kappa shape index (κ2) is 10.9. The minimum atomic E-state index is -4.40. The molecule has 0 atom stereocenters. The highest BCUT2D eigenvalue weighted by molar-refractivity contribution is 7.93. The van der Waals surface area contributed by atoms with E-state index in [4.69, 9.17) is 21.1 Å². The number of hydrogen-bond donors (Lipinski definition) is 0. The van der Waals surface area contributed by atoms with Crippen molar-refractivity contribution in [1.29, 1.82) is 5.26 Å². The summed E-state index contributed by atoms with van der Waals surface area (Å²) in [4.78, 5) is 13.4. The number of carbonyl (C=O) groups is 1. The Bertz CT molecular complexity index is 1350. The van der Waals surface area contributed by atoms with E-state index in [0.29, 0.717) is 33.0 Å². The summed E-state index contributed by atoms with van der Waals surface area (Å²) >= 11 is 5.91. The molecule has 0 aliphatic carbocycles. The molecular formula is C25H21ClN2O5S. The Labute approximate surface area is 203 Å². The van der Waals surface area contributed by atoms with E-state index in [9.17, 15) is 18.5 Å². The van der Waals surface area contributed by atoms with Crippen molar-refractivity contribution in [1.82, 2.24) is 0 Å². The van der Waals surface area contributed by atoms with Gasteiger partial charge in [0.1, 0.15) is 23.1 Å². The zero-order valence-corrected chi connectivity index (χ0v) is 20.0. The number of hydrogen-bond acceptors (Lipinski definition) is 6. The maximum atomic E-state index is 13.6. The normalized spacial score (nSPS) is 11.4. The number of methoxy groups -OCH3 is 1. The Morgan fingerprint density at radius 1 is 1.06 bits per heavy atom. The number of amides is 1. The van der Waals surface area contributed by atoms with E-state index in [1.807, 2.05) is 13.0 Å². The zero-order chi connectivity index (χ0) is 24.7. The first-order valence-electron chi connectivity index (χ1n) is 10.1. The van der Waals surface area contributed by atoms with E-state index in [1.54, 1.807) is 36.4 Å². The van der Waals surface area contributed by atoms with Crippen molar-refractivity contribution in [2.75, 3.05) is 18.0 Å². The molecule has 174 valence electrons. The number of carbonyl (C=O) groups excluding carboxylic acids is 1. The fraction of sp³-hybridized carbons (Fsp3) is 0.120. The molecule has 0 radical (unpaired) electrons. The van der Waals surface area contributed by atoms with Crippen molar-refractivity contribution < 1.29 is 22.7 Å². The van der Waals surface area contributed by atoms with Crippen LogP contribution in [0.4, 0.5) is 5.69 Å². The van der Waals surface area contributed by atoms with Gasteiger partial charge in [0.25, 0.3) is 15.9 Å². The van der Waals surface area contributed by atoms with Gasteiger partial charge in [-0.05, 0) is 67.6 Å². The van der Waals surface area contributed by atoms with Gasteiger partial charge in [-0.25, -0.2) is 8.42 Å². The number of nitriles is 1. The van der Waals surface area contributed by atoms with Crippen LogP contribution in [0.25, 0.3) is 6.08 Å². The third kappa shape index (κ3) is 5.39. The van der Waals surface area contributed by atoms with Crippen LogP contribution >= 0.6 is 11.6 Å². The number of sulfonamides is 1. The highest BCUT2D eigenvalue weighted by Gasteiger charge is 2.33. The predicted molar refractivity (Wildman–Crippen MR) is 130 cm³/mol. The van der Waals surface area contributed by atoms with Crippen molar-refractivity contribution in [2.24, 2.45) is 0 Å². The van der Waals surface area contributed by atoms with Gasteiger partial charge in [0.2, 0.25) is 0 Å². The number of nitrogens with zero attached hydrogens (tertiary/aromatic N) is 2. The zero-order valence-electron chi connectivity index (χ0n) is 18.4. The summed E-state index contributed by atoms with van der Waals surface area (Å²) in [5.74, 6) is -0.0867. The lowest BCUT2D eigenvalue weighted by Gasteiger charge is -2.23. The van der Waals surface area contributed by atoms with E-state index in [-0.39, 0.29) is 10.6 Å². The second-order valence-electron chi connectivity index (χ2n) is 6.87. The van der Waals surface area contributed by atoms with Crippen molar-refractivity contribution in [3.05, 3.63) is 89.0 Å². The molecule has 34 heavy (non-hydrogen) atoms. The summed E-state index contributed by atoms with van der Waals surface area (Å²) in [6.45, 7) is 2.24. The van der Waals surface area contributed by atoms with Crippen LogP contribution in [0.2, 0.25) is 5.02 Å². The van der Waals surface area contributed by atoms with Gasteiger partial charge in [0.15, 0.2) is 0 Å². The Hall–Kier alpha value is -3.80. The largest absolute Gasteiger partial charge is 0.496 e. The van der Waals surface area contributed by atoms with Crippen LogP contribution in [0.5, 0.6) is 11.5 Å². The molecule has 0 aliphatic heterocycles. The van der Waals surface area contributed by atoms with Crippen LogP contribution in [0, 0.1) is 11.3 Å². The van der Waals surface area contributed by atoms with Crippen LogP contribution in [-0.2, 0) is 14.8 Å².